The number of oxime groups is 1. The van der Waals surface area contributed by atoms with Gasteiger partial charge in [-0.1, -0.05) is 17.3 Å². The highest BCUT2D eigenvalue weighted by Crippen LogP contribution is 2.36. The quantitative estimate of drug-likeness (QED) is 0.584. The molecule has 0 aliphatic carbocycles. The second-order valence-corrected chi connectivity index (χ2v) is 7.27. The first-order valence-corrected chi connectivity index (χ1v) is 9.34. The van der Waals surface area contributed by atoms with E-state index in [2.05, 4.69) is 19.9 Å². The summed E-state index contributed by atoms with van der Waals surface area (Å²) >= 11 is 1.49. The lowest BCUT2D eigenvalue weighted by molar-refractivity contribution is -0.274. The maximum Gasteiger partial charge on any atom is 0.573 e. The number of hydrogen-bond donors (Lipinski definition) is 0. The summed E-state index contributed by atoms with van der Waals surface area (Å²) in [4.78, 5) is 14.0. The molecule has 0 bridgehead atoms. The van der Waals surface area contributed by atoms with E-state index >= 15 is 0 Å². The first-order valence-electron chi connectivity index (χ1n) is 8.46. The lowest BCUT2D eigenvalue weighted by Crippen LogP contribution is -2.23. The Morgan fingerprint density at radius 1 is 1.07 bits per heavy atom. The van der Waals surface area contributed by atoms with Crippen LogP contribution in [0.15, 0.2) is 59.3 Å². The maximum absolute atomic E-state index is 12.3. The number of hydrogen-bond acceptors (Lipinski definition) is 7. The molecule has 1 aromatic carbocycles. The van der Waals surface area contributed by atoms with Crippen LogP contribution in [0, 0.1) is 0 Å². The molecule has 0 amide bonds. The third-order valence-electron chi connectivity index (χ3n) is 4.16. The highest BCUT2D eigenvalue weighted by Gasteiger charge is 2.38. The molecule has 6 nitrogen and oxygen atoms in total. The maximum atomic E-state index is 12.3. The fourth-order valence-corrected chi connectivity index (χ4v) is 3.39. The van der Waals surface area contributed by atoms with Crippen LogP contribution in [-0.2, 0) is 10.4 Å². The molecule has 1 atom stereocenters. The highest BCUT2D eigenvalue weighted by molar-refractivity contribution is 7.13. The number of aromatic nitrogens is 2. The zero-order valence-corrected chi connectivity index (χ0v) is 15.8. The SMILES string of the molecule is C[C@]1(c2ccc(OC(F)(F)F)cc2)CC(Oc2ccc(-c3nccs3)nc2)=NO1. The van der Waals surface area contributed by atoms with Gasteiger partial charge in [0.1, 0.15) is 16.5 Å². The first kappa shape index (κ1) is 19.2. The Hall–Kier alpha value is -3.14. The van der Waals surface area contributed by atoms with Crippen molar-refractivity contribution in [2.24, 2.45) is 5.16 Å². The summed E-state index contributed by atoms with van der Waals surface area (Å²) < 4.78 is 46.5. The van der Waals surface area contributed by atoms with Gasteiger partial charge in [-0.3, -0.25) is 0 Å². The Morgan fingerprint density at radius 2 is 1.83 bits per heavy atom. The van der Waals surface area contributed by atoms with Gasteiger partial charge in [-0.25, -0.2) is 9.97 Å². The Labute approximate surface area is 167 Å². The Balaban J connectivity index is 1.40. The van der Waals surface area contributed by atoms with E-state index in [1.807, 2.05) is 5.38 Å². The molecule has 3 aromatic rings. The molecular formula is C19H14F3N3O3S. The Morgan fingerprint density at radius 3 is 2.45 bits per heavy atom. The molecule has 10 heteroatoms. The van der Waals surface area contributed by atoms with Crippen LogP contribution in [0.2, 0.25) is 0 Å². The number of benzene rings is 1. The van der Waals surface area contributed by atoms with Crippen molar-refractivity contribution in [1.82, 2.24) is 9.97 Å². The predicted molar refractivity (Wildman–Crippen MR) is 99.6 cm³/mol. The van der Waals surface area contributed by atoms with Crippen LogP contribution in [0.3, 0.4) is 0 Å². The van der Waals surface area contributed by atoms with Gasteiger partial charge in [-0.15, -0.1) is 24.5 Å². The fraction of sp³-hybridized carbons (Fsp3) is 0.211. The normalized spacial score (nSPS) is 18.8. The zero-order chi connectivity index (χ0) is 20.5. The lowest BCUT2D eigenvalue weighted by Gasteiger charge is -2.21. The number of nitrogens with zero attached hydrogens (tertiary/aromatic N) is 3. The van der Waals surface area contributed by atoms with E-state index in [1.54, 1.807) is 31.5 Å². The van der Waals surface area contributed by atoms with Crippen molar-refractivity contribution in [3.8, 4) is 22.2 Å². The lowest BCUT2D eigenvalue weighted by atomic mass is 9.93. The van der Waals surface area contributed by atoms with Crippen LogP contribution in [0.25, 0.3) is 10.7 Å². The molecule has 4 rings (SSSR count). The number of rotatable bonds is 4. The summed E-state index contributed by atoms with van der Waals surface area (Å²) in [5.74, 6) is 0.532. The van der Waals surface area contributed by atoms with Crippen LogP contribution in [0.5, 0.6) is 11.5 Å². The largest absolute Gasteiger partial charge is 0.573 e. The summed E-state index contributed by atoms with van der Waals surface area (Å²) in [7, 11) is 0. The Bertz CT molecular complexity index is 1010. The number of ether oxygens (including phenoxy) is 2. The van der Waals surface area contributed by atoms with E-state index in [-0.39, 0.29) is 5.75 Å². The molecule has 0 saturated heterocycles. The van der Waals surface area contributed by atoms with Crippen molar-refractivity contribution < 1.29 is 27.5 Å². The van der Waals surface area contributed by atoms with Crippen molar-refractivity contribution in [3.63, 3.8) is 0 Å². The summed E-state index contributed by atoms with van der Waals surface area (Å²) in [6.07, 6.45) is -1.15. The van der Waals surface area contributed by atoms with Gasteiger partial charge in [0.2, 0.25) is 5.90 Å². The van der Waals surface area contributed by atoms with Gasteiger partial charge in [-0.2, -0.15) is 0 Å². The van der Waals surface area contributed by atoms with Crippen molar-refractivity contribution in [2.45, 2.75) is 25.3 Å². The predicted octanol–water partition coefficient (Wildman–Crippen LogP) is 5.13. The van der Waals surface area contributed by atoms with E-state index in [0.717, 1.165) is 10.7 Å². The molecule has 3 heterocycles. The minimum Gasteiger partial charge on any atom is -0.438 e. The van der Waals surface area contributed by atoms with Gasteiger partial charge in [0.15, 0.2) is 5.60 Å². The summed E-state index contributed by atoms with van der Waals surface area (Å²) in [6.45, 7) is 1.77. The number of thiazole rings is 1. The summed E-state index contributed by atoms with van der Waals surface area (Å²) in [6, 6.07) is 9.02. The molecule has 150 valence electrons. The van der Waals surface area contributed by atoms with Crippen LogP contribution >= 0.6 is 11.3 Å². The van der Waals surface area contributed by atoms with Gasteiger partial charge in [0.25, 0.3) is 0 Å². The van der Waals surface area contributed by atoms with E-state index in [9.17, 15) is 13.2 Å². The van der Waals surface area contributed by atoms with Gasteiger partial charge >= 0.3 is 6.36 Å². The molecule has 0 spiro atoms. The highest BCUT2D eigenvalue weighted by atomic mass is 32.1. The molecule has 0 unspecified atom stereocenters. The molecule has 0 saturated carbocycles. The second-order valence-electron chi connectivity index (χ2n) is 6.37. The molecule has 1 aliphatic rings. The van der Waals surface area contributed by atoms with E-state index < -0.39 is 12.0 Å². The average molecular weight is 421 g/mol. The first-order chi connectivity index (χ1) is 13.8. The average Bonchev–Trinajstić information content (AvgIpc) is 3.33. The second kappa shape index (κ2) is 7.36. The van der Waals surface area contributed by atoms with Gasteiger partial charge in [-0.05, 0) is 36.8 Å². The number of alkyl halides is 3. The minimum atomic E-state index is -4.73. The monoisotopic (exact) mass is 421 g/mol. The van der Waals surface area contributed by atoms with Crippen LogP contribution < -0.4 is 9.47 Å². The summed E-state index contributed by atoms with van der Waals surface area (Å²) in [5, 5.41) is 6.64. The van der Waals surface area contributed by atoms with Gasteiger partial charge in [0.05, 0.1) is 18.3 Å². The topological polar surface area (TPSA) is 65.8 Å². The fourth-order valence-electron chi connectivity index (χ4n) is 2.78. The van der Waals surface area contributed by atoms with Crippen LogP contribution in [0.1, 0.15) is 18.9 Å². The Kier molecular flexibility index (Phi) is 4.87. The summed E-state index contributed by atoms with van der Waals surface area (Å²) in [5.41, 5.74) is 0.523. The molecule has 29 heavy (non-hydrogen) atoms. The molecular weight excluding hydrogens is 407 g/mol. The number of pyridine rings is 1. The molecule has 2 aromatic heterocycles. The molecule has 0 N–H and O–H groups in total. The van der Waals surface area contributed by atoms with Crippen molar-refractivity contribution in [2.75, 3.05) is 0 Å². The zero-order valence-electron chi connectivity index (χ0n) is 15.0. The van der Waals surface area contributed by atoms with Gasteiger partial charge < -0.3 is 14.3 Å². The molecule has 0 radical (unpaired) electrons. The van der Waals surface area contributed by atoms with Crippen LogP contribution in [0.4, 0.5) is 13.2 Å². The molecule has 1 aliphatic heterocycles. The van der Waals surface area contributed by atoms with Crippen molar-refractivity contribution in [3.05, 3.63) is 59.7 Å². The van der Waals surface area contributed by atoms with E-state index in [4.69, 9.17) is 9.57 Å². The minimum absolute atomic E-state index is 0.299. The smallest absolute Gasteiger partial charge is 0.438 e. The third kappa shape index (κ3) is 4.48. The number of halogens is 3. The third-order valence-corrected chi connectivity index (χ3v) is 4.96. The van der Waals surface area contributed by atoms with Crippen molar-refractivity contribution in [1.29, 1.82) is 0 Å². The van der Waals surface area contributed by atoms with Crippen molar-refractivity contribution >= 4 is 17.2 Å². The van der Waals surface area contributed by atoms with Gasteiger partial charge in [0, 0.05) is 11.6 Å². The van der Waals surface area contributed by atoms with E-state index in [1.165, 1.54) is 35.6 Å². The van der Waals surface area contributed by atoms with E-state index in [0.29, 0.717) is 23.6 Å². The molecule has 0 fully saturated rings. The standard InChI is InChI=1S/C19H14F3N3O3S/c1-18(12-2-4-13(5-3-12)27-19(20,21)22)10-16(25-28-18)26-14-6-7-15(24-11-14)17-23-8-9-29-17/h2-9,11H,10H2,1H3/t18-/m1/s1. The van der Waals surface area contributed by atoms with Crippen LogP contribution in [-0.4, -0.2) is 22.2 Å².